The molecule has 1 atom stereocenters. The molecule has 0 spiro atoms. The molecule has 2 nitrogen and oxygen atoms in total. The van der Waals surface area contributed by atoms with Gasteiger partial charge in [0.15, 0.2) is 5.78 Å². The highest BCUT2D eigenvalue weighted by Crippen LogP contribution is 2.13. The SMILES string of the molecule is C=C(C)CCOC(C)C(=O)c1ccc(Br)cc1. The van der Waals surface area contributed by atoms with E-state index in [1.165, 1.54) is 0 Å². The van der Waals surface area contributed by atoms with Gasteiger partial charge in [-0.05, 0) is 32.4 Å². The number of rotatable bonds is 6. The number of halogens is 1. The molecule has 0 aromatic heterocycles. The van der Waals surface area contributed by atoms with E-state index < -0.39 is 6.10 Å². The minimum absolute atomic E-state index is 0.0132. The number of ketones is 1. The maximum Gasteiger partial charge on any atom is 0.191 e. The van der Waals surface area contributed by atoms with Gasteiger partial charge in [0.05, 0.1) is 6.61 Å². The number of ether oxygens (including phenoxy) is 1. The van der Waals surface area contributed by atoms with Crippen LogP contribution in [-0.4, -0.2) is 18.5 Å². The molecular weight excluding hydrogens is 280 g/mol. The van der Waals surface area contributed by atoms with Gasteiger partial charge in [0.25, 0.3) is 0 Å². The molecule has 1 aromatic carbocycles. The third-order valence-corrected chi connectivity index (χ3v) is 2.92. The predicted octanol–water partition coefficient (Wildman–Crippen LogP) is 4.00. The summed E-state index contributed by atoms with van der Waals surface area (Å²) in [5, 5.41) is 0. The molecule has 1 unspecified atom stereocenters. The molecule has 1 rings (SSSR count). The van der Waals surface area contributed by atoms with E-state index in [-0.39, 0.29) is 5.78 Å². The number of Topliss-reactive ketones (excluding diaryl/α,β-unsaturated/α-hetero) is 1. The van der Waals surface area contributed by atoms with Crippen LogP contribution in [0.1, 0.15) is 30.6 Å². The zero-order valence-electron chi connectivity index (χ0n) is 10.2. The average molecular weight is 297 g/mol. The van der Waals surface area contributed by atoms with Crippen molar-refractivity contribution in [3.05, 3.63) is 46.5 Å². The van der Waals surface area contributed by atoms with E-state index in [0.717, 1.165) is 16.5 Å². The van der Waals surface area contributed by atoms with Crippen LogP contribution in [0.4, 0.5) is 0 Å². The fourth-order valence-electron chi connectivity index (χ4n) is 1.33. The molecule has 1 aromatic rings. The Labute approximate surface area is 111 Å². The Hall–Kier alpha value is -0.930. The van der Waals surface area contributed by atoms with Crippen LogP contribution in [0.3, 0.4) is 0 Å². The summed E-state index contributed by atoms with van der Waals surface area (Å²) in [7, 11) is 0. The minimum atomic E-state index is -0.407. The van der Waals surface area contributed by atoms with Crippen LogP contribution >= 0.6 is 15.9 Å². The van der Waals surface area contributed by atoms with E-state index in [0.29, 0.717) is 12.2 Å². The fourth-order valence-corrected chi connectivity index (χ4v) is 1.60. The second kappa shape index (κ2) is 6.72. The summed E-state index contributed by atoms with van der Waals surface area (Å²) < 4.78 is 6.44. The summed E-state index contributed by atoms with van der Waals surface area (Å²) in [6.45, 7) is 8.06. The van der Waals surface area contributed by atoms with Gasteiger partial charge in [-0.2, -0.15) is 0 Å². The fraction of sp³-hybridized carbons (Fsp3) is 0.357. The molecule has 0 saturated carbocycles. The molecule has 0 saturated heterocycles. The van der Waals surface area contributed by atoms with Crippen LogP contribution in [0.15, 0.2) is 40.9 Å². The lowest BCUT2D eigenvalue weighted by molar-refractivity contribution is 0.0487. The lowest BCUT2D eigenvalue weighted by Crippen LogP contribution is -2.21. The standard InChI is InChI=1S/C14H17BrO2/c1-10(2)8-9-17-11(3)14(16)12-4-6-13(15)7-5-12/h4-7,11H,1,8-9H2,2-3H3. The third kappa shape index (κ3) is 4.84. The Bertz CT molecular complexity index is 395. The van der Waals surface area contributed by atoms with Crippen molar-refractivity contribution in [2.75, 3.05) is 6.61 Å². The van der Waals surface area contributed by atoms with Crippen molar-refractivity contribution >= 4 is 21.7 Å². The van der Waals surface area contributed by atoms with Crippen molar-refractivity contribution in [1.29, 1.82) is 0 Å². The molecule has 0 amide bonds. The normalized spacial score (nSPS) is 12.2. The second-order valence-electron chi connectivity index (χ2n) is 4.09. The highest BCUT2D eigenvalue weighted by molar-refractivity contribution is 9.10. The number of benzene rings is 1. The van der Waals surface area contributed by atoms with E-state index >= 15 is 0 Å². The van der Waals surface area contributed by atoms with Gasteiger partial charge in [0.1, 0.15) is 6.10 Å². The van der Waals surface area contributed by atoms with Gasteiger partial charge in [-0.1, -0.05) is 33.6 Å². The molecule has 3 heteroatoms. The van der Waals surface area contributed by atoms with Gasteiger partial charge in [0, 0.05) is 10.0 Å². The maximum atomic E-state index is 12.0. The molecule has 0 radical (unpaired) electrons. The van der Waals surface area contributed by atoms with Crippen molar-refractivity contribution in [3.63, 3.8) is 0 Å². The number of carbonyl (C=O) groups is 1. The predicted molar refractivity (Wildman–Crippen MR) is 73.3 cm³/mol. The first kappa shape index (κ1) is 14.1. The van der Waals surface area contributed by atoms with Gasteiger partial charge >= 0.3 is 0 Å². The first-order chi connectivity index (χ1) is 8.00. The maximum absolute atomic E-state index is 12.0. The molecule has 92 valence electrons. The summed E-state index contributed by atoms with van der Waals surface area (Å²) in [6.07, 6.45) is 0.383. The highest BCUT2D eigenvalue weighted by Gasteiger charge is 2.15. The van der Waals surface area contributed by atoms with Crippen molar-refractivity contribution in [2.24, 2.45) is 0 Å². The van der Waals surface area contributed by atoms with E-state index in [4.69, 9.17) is 4.74 Å². The van der Waals surface area contributed by atoms with Gasteiger partial charge in [-0.3, -0.25) is 4.79 Å². The van der Waals surface area contributed by atoms with Crippen molar-refractivity contribution in [3.8, 4) is 0 Å². The van der Waals surface area contributed by atoms with Gasteiger partial charge < -0.3 is 4.74 Å². The summed E-state index contributed by atoms with van der Waals surface area (Å²) in [4.78, 5) is 12.0. The van der Waals surface area contributed by atoms with Crippen LogP contribution in [0.5, 0.6) is 0 Å². The van der Waals surface area contributed by atoms with Crippen molar-refractivity contribution in [2.45, 2.75) is 26.4 Å². The molecule has 0 aliphatic carbocycles. The lowest BCUT2D eigenvalue weighted by atomic mass is 10.1. The first-order valence-electron chi connectivity index (χ1n) is 5.56. The highest BCUT2D eigenvalue weighted by atomic mass is 79.9. The Morgan fingerprint density at radius 1 is 1.41 bits per heavy atom. The molecule has 0 aliphatic rings. The number of hydrogen-bond acceptors (Lipinski definition) is 2. The smallest absolute Gasteiger partial charge is 0.191 e. The van der Waals surface area contributed by atoms with Gasteiger partial charge in [-0.15, -0.1) is 6.58 Å². The summed E-state index contributed by atoms with van der Waals surface area (Å²) >= 11 is 3.34. The zero-order chi connectivity index (χ0) is 12.8. The molecule has 0 bridgehead atoms. The van der Waals surface area contributed by atoms with E-state index in [1.54, 1.807) is 19.1 Å². The van der Waals surface area contributed by atoms with Crippen LogP contribution in [0.25, 0.3) is 0 Å². The van der Waals surface area contributed by atoms with Crippen molar-refractivity contribution in [1.82, 2.24) is 0 Å². The second-order valence-corrected chi connectivity index (χ2v) is 5.01. The summed E-state index contributed by atoms with van der Waals surface area (Å²) in [5.74, 6) is 0.0132. The zero-order valence-corrected chi connectivity index (χ0v) is 11.8. The Balaban J connectivity index is 2.51. The Morgan fingerprint density at radius 3 is 2.53 bits per heavy atom. The van der Waals surface area contributed by atoms with Crippen LogP contribution in [-0.2, 0) is 4.74 Å². The molecule has 17 heavy (non-hydrogen) atoms. The van der Waals surface area contributed by atoms with Gasteiger partial charge in [-0.25, -0.2) is 0 Å². The molecule has 0 aliphatic heterocycles. The largest absolute Gasteiger partial charge is 0.370 e. The van der Waals surface area contributed by atoms with E-state index in [1.807, 2.05) is 19.1 Å². The Kier molecular flexibility index (Phi) is 5.59. The monoisotopic (exact) mass is 296 g/mol. The summed E-state index contributed by atoms with van der Waals surface area (Å²) in [5.41, 5.74) is 1.74. The van der Waals surface area contributed by atoms with Crippen molar-refractivity contribution < 1.29 is 9.53 Å². The van der Waals surface area contributed by atoms with E-state index in [9.17, 15) is 4.79 Å². The molecule has 0 N–H and O–H groups in total. The number of hydrogen-bond donors (Lipinski definition) is 0. The molecular formula is C14H17BrO2. The Morgan fingerprint density at radius 2 is 2.00 bits per heavy atom. The first-order valence-corrected chi connectivity index (χ1v) is 6.35. The van der Waals surface area contributed by atoms with Crippen LogP contribution in [0, 0.1) is 0 Å². The van der Waals surface area contributed by atoms with Gasteiger partial charge in [0.2, 0.25) is 0 Å². The lowest BCUT2D eigenvalue weighted by Gasteiger charge is -2.12. The molecule has 0 fully saturated rings. The quantitative estimate of drug-likeness (QED) is 0.586. The average Bonchev–Trinajstić information content (AvgIpc) is 2.28. The summed E-state index contributed by atoms with van der Waals surface area (Å²) in [6, 6.07) is 7.30. The third-order valence-electron chi connectivity index (χ3n) is 2.39. The van der Waals surface area contributed by atoms with Crippen LogP contribution < -0.4 is 0 Å². The van der Waals surface area contributed by atoms with E-state index in [2.05, 4.69) is 22.5 Å². The van der Waals surface area contributed by atoms with Crippen LogP contribution in [0.2, 0.25) is 0 Å². The minimum Gasteiger partial charge on any atom is -0.370 e. The number of carbonyl (C=O) groups excluding carboxylic acids is 1. The topological polar surface area (TPSA) is 26.3 Å². The molecule has 0 heterocycles.